The number of nitrogen functional groups attached to an aromatic ring is 1. The Morgan fingerprint density at radius 1 is 1.10 bits per heavy atom. The van der Waals surface area contributed by atoms with E-state index in [1.165, 1.54) is 37.1 Å². The Balaban J connectivity index is 1.93. The molecule has 1 fully saturated rings. The first-order valence-corrected chi connectivity index (χ1v) is 8.44. The molecular weight excluding hydrogens is 311 g/mol. The molecule has 2 aromatic rings. The summed E-state index contributed by atoms with van der Waals surface area (Å²) in [5.74, 6) is 0.576. The summed E-state index contributed by atoms with van der Waals surface area (Å²) >= 11 is 13.6. The van der Waals surface area contributed by atoms with Gasteiger partial charge >= 0.3 is 0 Å². The fourth-order valence-corrected chi connectivity index (χ4v) is 4.05. The maximum Gasteiger partial charge on any atom is 0.114 e. The fraction of sp³-hybridized carbons (Fsp3) is 0.400. The Morgan fingerprint density at radius 3 is 2.55 bits per heavy atom. The van der Waals surface area contributed by atoms with E-state index in [9.17, 15) is 0 Å². The Hall–Kier alpha value is -0.770. The second-order valence-electron chi connectivity index (χ2n) is 5.23. The average Bonchev–Trinajstić information content (AvgIpc) is 2.85. The number of aromatic nitrogens is 1. The number of halogens is 2. The van der Waals surface area contributed by atoms with Crippen molar-refractivity contribution in [2.45, 2.75) is 38.0 Å². The van der Waals surface area contributed by atoms with Gasteiger partial charge in [-0.15, -0.1) is 11.3 Å². The van der Waals surface area contributed by atoms with Crippen molar-refractivity contribution in [3.63, 3.8) is 0 Å². The van der Waals surface area contributed by atoms with Gasteiger partial charge in [0.1, 0.15) is 10.7 Å². The summed E-state index contributed by atoms with van der Waals surface area (Å²) < 4.78 is 0. The second-order valence-corrected chi connectivity index (χ2v) is 7.11. The second kappa shape index (κ2) is 5.92. The lowest BCUT2D eigenvalue weighted by atomic mass is 9.90. The molecule has 1 aromatic heterocycles. The third-order valence-corrected chi connectivity index (χ3v) is 5.60. The largest absolute Gasteiger partial charge is 0.389 e. The molecule has 1 aromatic carbocycles. The zero-order chi connectivity index (χ0) is 14.1. The molecule has 0 aliphatic heterocycles. The van der Waals surface area contributed by atoms with Crippen LogP contribution in [-0.2, 0) is 0 Å². The third kappa shape index (κ3) is 2.80. The normalized spacial score (nSPS) is 16.5. The van der Waals surface area contributed by atoms with Gasteiger partial charge in [0.05, 0.1) is 15.1 Å². The standard InChI is InChI=1S/C15H16Cl2N2S/c16-11-7-6-10(8-12(11)17)13-14(18)20-15(19-13)9-4-2-1-3-5-9/h6-9H,1-5,18H2. The van der Waals surface area contributed by atoms with E-state index in [0.717, 1.165) is 16.3 Å². The minimum atomic E-state index is 0.538. The molecule has 0 spiro atoms. The molecule has 0 atom stereocenters. The highest BCUT2D eigenvalue weighted by Gasteiger charge is 2.21. The Kier molecular flexibility index (Phi) is 4.20. The number of nitrogens with two attached hydrogens (primary N) is 1. The third-order valence-electron chi connectivity index (χ3n) is 3.82. The molecule has 20 heavy (non-hydrogen) atoms. The summed E-state index contributed by atoms with van der Waals surface area (Å²) in [6, 6.07) is 5.54. The highest BCUT2D eigenvalue weighted by molar-refractivity contribution is 7.16. The molecule has 0 radical (unpaired) electrons. The SMILES string of the molecule is Nc1sc(C2CCCCC2)nc1-c1ccc(Cl)c(Cl)c1. The van der Waals surface area contributed by atoms with Gasteiger partial charge in [0.15, 0.2) is 0 Å². The van der Waals surface area contributed by atoms with Crippen LogP contribution >= 0.6 is 34.5 Å². The molecule has 2 nitrogen and oxygen atoms in total. The first-order valence-electron chi connectivity index (χ1n) is 6.87. The van der Waals surface area contributed by atoms with E-state index in [1.807, 2.05) is 12.1 Å². The van der Waals surface area contributed by atoms with Crippen LogP contribution in [0.4, 0.5) is 5.00 Å². The summed E-state index contributed by atoms with van der Waals surface area (Å²) in [5, 5.41) is 3.03. The molecule has 5 heteroatoms. The van der Waals surface area contributed by atoms with E-state index >= 15 is 0 Å². The van der Waals surface area contributed by atoms with Crippen molar-refractivity contribution in [1.82, 2.24) is 4.98 Å². The van der Waals surface area contributed by atoms with Crippen LogP contribution in [0.25, 0.3) is 11.3 Å². The molecule has 0 saturated heterocycles. The van der Waals surface area contributed by atoms with Gasteiger partial charge in [0.25, 0.3) is 0 Å². The number of rotatable bonds is 2. The van der Waals surface area contributed by atoms with Gasteiger partial charge in [0.2, 0.25) is 0 Å². The van der Waals surface area contributed by atoms with Crippen molar-refractivity contribution in [2.24, 2.45) is 0 Å². The van der Waals surface area contributed by atoms with E-state index in [2.05, 4.69) is 0 Å². The van der Waals surface area contributed by atoms with E-state index in [4.69, 9.17) is 33.9 Å². The van der Waals surface area contributed by atoms with Gasteiger partial charge in [-0.2, -0.15) is 0 Å². The average molecular weight is 327 g/mol. The van der Waals surface area contributed by atoms with Crippen LogP contribution < -0.4 is 5.73 Å². The highest BCUT2D eigenvalue weighted by atomic mass is 35.5. The zero-order valence-electron chi connectivity index (χ0n) is 11.0. The van der Waals surface area contributed by atoms with E-state index < -0.39 is 0 Å². The molecule has 1 saturated carbocycles. The molecule has 1 aliphatic rings. The molecule has 0 unspecified atom stereocenters. The van der Waals surface area contributed by atoms with Crippen molar-refractivity contribution < 1.29 is 0 Å². The zero-order valence-corrected chi connectivity index (χ0v) is 13.4. The monoisotopic (exact) mass is 326 g/mol. The fourth-order valence-electron chi connectivity index (χ4n) is 2.72. The Morgan fingerprint density at radius 2 is 1.85 bits per heavy atom. The van der Waals surface area contributed by atoms with Gasteiger partial charge in [-0.05, 0) is 25.0 Å². The van der Waals surface area contributed by atoms with Crippen LogP contribution in [0.2, 0.25) is 10.0 Å². The lowest BCUT2D eigenvalue weighted by Crippen LogP contribution is -2.03. The van der Waals surface area contributed by atoms with E-state index in [1.54, 1.807) is 17.4 Å². The van der Waals surface area contributed by atoms with Crippen molar-refractivity contribution in [1.29, 1.82) is 0 Å². The summed E-state index contributed by atoms with van der Waals surface area (Å²) in [6.07, 6.45) is 6.40. The van der Waals surface area contributed by atoms with Gasteiger partial charge in [0, 0.05) is 11.5 Å². The quantitative estimate of drug-likeness (QED) is 0.763. The van der Waals surface area contributed by atoms with Gasteiger partial charge in [-0.3, -0.25) is 0 Å². The first-order chi connectivity index (χ1) is 9.65. The van der Waals surface area contributed by atoms with Gasteiger partial charge in [-0.25, -0.2) is 4.98 Å². The van der Waals surface area contributed by atoms with Crippen LogP contribution in [0.3, 0.4) is 0 Å². The maximum atomic E-state index is 6.15. The highest BCUT2D eigenvalue weighted by Crippen LogP contribution is 2.40. The van der Waals surface area contributed by atoms with E-state index in [-0.39, 0.29) is 0 Å². The van der Waals surface area contributed by atoms with Crippen molar-refractivity contribution in [3.8, 4) is 11.3 Å². The summed E-state index contributed by atoms with van der Waals surface area (Å²) in [7, 11) is 0. The molecule has 1 aliphatic carbocycles. The summed E-state index contributed by atoms with van der Waals surface area (Å²) in [5.41, 5.74) is 7.93. The smallest absolute Gasteiger partial charge is 0.114 e. The van der Waals surface area contributed by atoms with Crippen molar-refractivity contribution in [3.05, 3.63) is 33.3 Å². The number of anilines is 1. The number of thiazole rings is 1. The molecule has 0 bridgehead atoms. The minimum absolute atomic E-state index is 0.538. The molecular formula is C15H16Cl2N2S. The van der Waals surface area contributed by atoms with Crippen molar-refractivity contribution in [2.75, 3.05) is 5.73 Å². The van der Waals surface area contributed by atoms with Gasteiger partial charge in [-0.1, -0.05) is 48.5 Å². The number of nitrogens with zero attached hydrogens (tertiary/aromatic N) is 1. The van der Waals surface area contributed by atoms with E-state index in [0.29, 0.717) is 16.0 Å². The number of benzene rings is 1. The summed E-state index contributed by atoms with van der Waals surface area (Å²) in [4.78, 5) is 4.77. The predicted molar refractivity (Wildman–Crippen MR) is 87.8 cm³/mol. The van der Waals surface area contributed by atoms with Crippen LogP contribution in [0.5, 0.6) is 0 Å². The molecule has 1 heterocycles. The number of hydrogen-bond donors (Lipinski definition) is 1. The van der Waals surface area contributed by atoms with Crippen LogP contribution in [0.15, 0.2) is 18.2 Å². The Bertz CT molecular complexity index is 618. The minimum Gasteiger partial charge on any atom is -0.389 e. The molecule has 2 N–H and O–H groups in total. The van der Waals surface area contributed by atoms with Crippen LogP contribution in [-0.4, -0.2) is 4.98 Å². The first kappa shape index (κ1) is 14.2. The topological polar surface area (TPSA) is 38.9 Å². The molecule has 0 amide bonds. The Labute approximate surface area is 132 Å². The molecule has 3 rings (SSSR count). The lowest BCUT2D eigenvalue weighted by molar-refractivity contribution is 0.442. The van der Waals surface area contributed by atoms with Crippen LogP contribution in [0.1, 0.15) is 43.0 Å². The van der Waals surface area contributed by atoms with Crippen LogP contribution in [0, 0.1) is 0 Å². The summed E-state index contributed by atoms with van der Waals surface area (Å²) in [6.45, 7) is 0. The number of hydrogen-bond acceptors (Lipinski definition) is 3. The predicted octanol–water partition coefficient (Wildman–Crippen LogP) is 5.75. The van der Waals surface area contributed by atoms with Gasteiger partial charge < -0.3 is 5.73 Å². The lowest BCUT2D eigenvalue weighted by Gasteiger charge is -2.18. The maximum absolute atomic E-state index is 6.15. The van der Waals surface area contributed by atoms with Crippen molar-refractivity contribution >= 4 is 39.5 Å². The molecule has 106 valence electrons.